The zero-order valence-electron chi connectivity index (χ0n) is 9.84. The van der Waals surface area contributed by atoms with Crippen molar-refractivity contribution in [2.75, 3.05) is 7.11 Å². The van der Waals surface area contributed by atoms with Gasteiger partial charge in [0.05, 0.1) is 6.10 Å². The van der Waals surface area contributed by atoms with Crippen molar-refractivity contribution in [2.24, 2.45) is 0 Å². The molecule has 3 nitrogen and oxygen atoms in total. The number of carbonyl (C=O) groups is 1. The summed E-state index contributed by atoms with van der Waals surface area (Å²) in [5.74, 6) is -0.318. The molecule has 0 radical (unpaired) electrons. The van der Waals surface area contributed by atoms with Crippen molar-refractivity contribution in [3.8, 4) is 0 Å². The quantitative estimate of drug-likeness (QED) is 0.532. The topological polar surface area (TPSA) is 35.5 Å². The third kappa shape index (κ3) is 2.81. The van der Waals surface area contributed by atoms with Crippen LogP contribution in [0, 0.1) is 0 Å². The van der Waals surface area contributed by atoms with Crippen molar-refractivity contribution >= 4 is 5.97 Å². The van der Waals surface area contributed by atoms with Gasteiger partial charge in [-0.15, -0.1) is 0 Å². The summed E-state index contributed by atoms with van der Waals surface area (Å²) in [4.78, 5) is 11.5. The molecule has 0 aromatic carbocycles. The highest BCUT2D eigenvalue weighted by atomic mass is 16.6. The minimum absolute atomic E-state index is 0.00884. The number of hydrogen-bond donors (Lipinski definition) is 0. The number of hydrogen-bond acceptors (Lipinski definition) is 3. The Morgan fingerprint density at radius 1 is 1.47 bits per heavy atom. The fraction of sp³-hybridized carbons (Fsp3) is 0.750. The lowest BCUT2D eigenvalue weighted by Crippen LogP contribution is -2.47. The van der Waals surface area contributed by atoms with E-state index in [4.69, 9.17) is 9.47 Å². The predicted octanol–water partition coefficient (Wildman–Crippen LogP) is 2.45. The van der Waals surface area contributed by atoms with Gasteiger partial charge in [0.25, 0.3) is 0 Å². The van der Waals surface area contributed by atoms with Gasteiger partial charge >= 0.3 is 5.97 Å². The summed E-state index contributed by atoms with van der Waals surface area (Å²) in [6.45, 7) is 7.20. The summed E-state index contributed by atoms with van der Waals surface area (Å²) < 4.78 is 10.9. The number of carbonyl (C=O) groups excluding carboxylic acids is 1. The number of rotatable bonds is 3. The molecule has 15 heavy (non-hydrogen) atoms. The average Bonchev–Trinajstić information content (AvgIpc) is 2.17. The second-order valence-electron chi connectivity index (χ2n) is 4.45. The molecule has 0 spiro atoms. The first-order valence-corrected chi connectivity index (χ1v) is 5.41. The van der Waals surface area contributed by atoms with Crippen LogP contribution in [-0.2, 0) is 14.3 Å². The Hall–Kier alpha value is -0.830. The Kier molecular flexibility index (Phi) is 3.91. The van der Waals surface area contributed by atoms with E-state index in [0.29, 0.717) is 5.57 Å². The van der Waals surface area contributed by atoms with E-state index in [9.17, 15) is 4.79 Å². The molecule has 1 rings (SSSR count). The molecule has 1 fully saturated rings. The second-order valence-corrected chi connectivity index (χ2v) is 4.45. The van der Waals surface area contributed by atoms with E-state index < -0.39 is 5.60 Å². The smallest absolute Gasteiger partial charge is 0.333 e. The van der Waals surface area contributed by atoms with Crippen molar-refractivity contribution in [2.45, 2.75) is 51.2 Å². The van der Waals surface area contributed by atoms with Gasteiger partial charge in [-0.25, -0.2) is 4.79 Å². The lowest BCUT2D eigenvalue weighted by molar-refractivity contribution is -0.174. The van der Waals surface area contributed by atoms with Crippen molar-refractivity contribution in [3.63, 3.8) is 0 Å². The summed E-state index contributed by atoms with van der Waals surface area (Å²) in [5, 5.41) is 0. The van der Waals surface area contributed by atoms with Crippen molar-refractivity contribution in [3.05, 3.63) is 12.2 Å². The molecular formula is C12H20O3. The Morgan fingerprint density at radius 2 is 2.13 bits per heavy atom. The summed E-state index contributed by atoms with van der Waals surface area (Å²) >= 11 is 0. The maximum Gasteiger partial charge on any atom is 0.333 e. The highest BCUT2D eigenvalue weighted by Gasteiger charge is 2.40. The van der Waals surface area contributed by atoms with Crippen molar-refractivity contribution in [1.29, 1.82) is 0 Å². The molecule has 1 aliphatic rings. The predicted molar refractivity (Wildman–Crippen MR) is 58.6 cm³/mol. The van der Waals surface area contributed by atoms with Gasteiger partial charge in [-0.3, -0.25) is 0 Å². The molecule has 0 N–H and O–H groups in total. The average molecular weight is 212 g/mol. The summed E-state index contributed by atoms with van der Waals surface area (Å²) in [6, 6.07) is 0. The van der Waals surface area contributed by atoms with Gasteiger partial charge in [-0.2, -0.15) is 0 Å². The first kappa shape index (κ1) is 12.2. The minimum atomic E-state index is -0.483. The Labute approximate surface area is 91.4 Å². The van der Waals surface area contributed by atoms with Crippen LogP contribution in [0.4, 0.5) is 0 Å². The molecule has 1 saturated carbocycles. The van der Waals surface area contributed by atoms with Crippen LogP contribution >= 0.6 is 0 Å². The minimum Gasteiger partial charge on any atom is -0.453 e. The van der Waals surface area contributed by atoms with Crippen LogP contribution in [0.15, 0.2) is 12.2 Å². The molecule has 3 heteroatoms. The van der Waals surface area contributed by atoms with Crippen molar-refractivity contribution in [1.82, 2.24) is 0 Å². The number of ether oxygens (including phenoxy) is 2. The molecular weight excluding hydrogens is 192 g/mol. The molecule has 2 unspecified atom stereocenters. The van der Waals surface area contributed by atoms with E-state index >= 15 is 0 Å². The second kappa shape index (κ2) is 4.79. The molecule has 0 aromatic rings. The zero-order chi connectivity index (χ0) is 11.5. The Bertz CT molecular complexity index is 260. The largest absolute Gasteiger partial charge is 0.453 e. The van der Waals surface area contributed by atoms with Crippen LogP contribution < -0.4 is 0 Å². The molecule has 0 amide bonds. The standard InChI is InChI=1S/C12H20O3/c1-9(2)11(13)15-12(3)8-6-5-7-10(12)14-4/h10H,1,5-8H2,2-4H3. The number of methoxy groups -OCH3 is 1. The molecule has 2 atom stereocenters. The Morgan fingerprint density at radius 3 is 2.67 bits per heavy atom. The molecule has 0 aromatic heterocycles. The van der Waals surface area contributed by atoms with Crippen LogP contribution in [0.3, 0.4) is 0 Å². The van der Waals surface area contributed by atoms with E-state index in [2.05, 4.69) is 6.58 Å². The van der Waals surface area contributed by atoms with Gasteiger partial charge in [-0.1, -0.05) is 13.0 Å². The molecule has 0 aliphatic heterocycles. The van der Waals surface area contributed by atoms with Crippen LogP contribution in [0.25, 0.3) is 0 Å². The van der Waals surface area contributed by atoms with E-state index in [-0.39, 0.29) is 12.1 Å². The van der Waals surface area contributed by atoms with E-state index in [1.807, 2.05) is 6.92 Å². The third-order valence-electron chi connectivity index (χ3n) is 3.03. The lowest BCUT2D eigenvalue weighted by Gasteiger charge is -2.39. The monoisotopic (exact) mass is 212 g/mol. The highest BCUT2D eigenvalue weighted by Crippen LogP contribution is 2.33. The summed E-state index contributed by atoms with van der Waals surface area (Å²) in [7, 11) is 1.67. The fourth-order valence-electron chi connectivity index (χ4n) is 2.05. The third-order valence-corrected chi connectivity index (χ3v) is 3.03. The van der Waals surface area contributed by atoms with E-state index in [1.165, 1.54) is 0 Å². The van der Waals surface area contributed by atoms with Gasteiger partial charge in [0, 0.05) is 12.7 Å². The van der Waals surface area contributed by atoms with Crippen LogP contribution in [0.2, 0.25) is 0 Å². The van der Waals surface area contributed by atoms with Crippen LogP contribution in [0.5, 0.6) is 0 Å². The van der Waals surface area contributed by atoms with Gasteiger partial charge < -0.3 is 9.47 Å². The number of esters is 1. The highest BCUT2D eigenvalue weighted by molar-refractivity contribution is 5.87. The van der Waals surface area contributed by atoms with Gasteiger partial charge in [0.1, 0.15) is 5.60 Å². The first-order chi connectivity index (χ1) is 6.99. The lowest BCUT2D eigenvalue weighted by atomic mass is 9.83. The van der Waals surface area contributed by atoms with E-state index in [0.717, 1.165) is 25.7 Å². The molecule has 0 bridgehead atoms. The SMILES string of the molecule is C=C(C)C(=O)OC1(C)CCCCC1OC. The summed E-state index contributed by atoms with van der Waals surface area (Å²) in [6.07, 6.45) is 4.05. The van der Waals surface area contributed by atoms with Gasteiger partial charge in [0.2, 0.25) is 0 Å². The fourth-order valence-corrected chi connectivity index (χ4v) is 2.05. The zero-order valence-corrected chi connectivity index (χ0v) is 9.84. The molecule has 1 aliphatic carbocycles. The molecule has 0 heterocycles. The molecule has 86 valence electrons. The van der Waals surface area contributed by atoms with Crippen LogP contribution in [0.1, 0.15) is 39.5 Å². The van der Waals surface area contributed by atoms with Crippen molar-refractivity contribution < 1.29 is 14.3 Å². The maximum atomic E-state index is 11.5. The molecule has 0 saturated heterocycles. The maximum absolute atomic E-state index is 11.5. The van der Waals surface area contributed by atoms with Crippen LogP contribution in [-0.4, -0.2) is 24.8 Å². The summed E-state index contributed by atoms with van der Waals surface area (Å²) in [5.41, 5.74) is -0.0418. The van der Waals surface area contributed by atoms with E-state index in [1.54, 1.807) is 14.0 Å². The van der Waals surface area contributed by atoms with Gasteiger partial charge in [-0.05, 0) is 33.1 Å². The normalized spacial score (nSPS) is 31.0. The first-order valence-electron chi connectivity index (χ1n) is 5.41. The van der Waals surface area contributed by atoms with Gasteiger partial charge in [0.15, 0.2) is 0 Å². The Balaban J connectivity index is 2.69.